The Bertz CT molecular complexity index is 430. The van der Waals surface area contributed by atoms with Crippen LogP contribution in [0.25, 0.3) is 0 Å². The molecule has 0 unspecified atom stereocenters. The minimum absolute atomic E-state index is 0.000702. The summed E-state index contributed by atoms with van der Waals surface area (Å²) in [5.41, 5.74) is 6.81. The van der Waals surface area contributed by atoms with Gasteiger partial charge in [-0.1, -0.05) is 27.7 Å². The fourth-order valence-corrected chi connectivity index (χ4v) is 1.40. The summed E-state index contributed by atoms with van der Waals surface area (Å²) in [6.45, 7) is 14.7. The molecule has 3 N–H and O–H groups in total. The van der Waals surface area contributed by atoms with E-state index >= 15 is 0 Å². The van der Waals surface area contributed by atoms with Gasteiger partial charge in [0, 0.05) is 16.5 Å². The lowest BCUT2D eigenvalue weighted by atomic mass is 9.95. The van der Waals surface area contributed by atoms with Crippen molar-refractivity contribution in [3.05, 3.63) is 11.4 Å². The van der Waals surface area contributed by atoms with Crippen molar-refractivity contribution < 1.29 is 0 Å². The van der Waals surface area contributed by atoms with Crippen LogP contribution in [0.1, 0.15) is 59.4 Å². The van der Waals surface area contributed by atoms with Crippen molar-refractivity contribution in [1.82, 2.24) is 9.97 Å². The largest absolute Gasteiger partial charge is 0.383 e. The molecule has 0 saturated heterocycles. The molecule has 0 amide bonds. The molecule has 0 atom stereocenters. The molecule has 0 aliphatic rings. The standard InChI is InChI=1S/C14H26N4/c1-8-14(6,7)18-11-9(2)10(15)16-12(17-11)13(3,4)5/h8H2,1-7H3,(H3,15,16,17,18). The Morgan fingerprint density at radius 3 is 2.11 bits per heavy atom. The van der Waals surface area contributed by atoms with Crippen molar-refractivity contribution in [3.8, 4) is 0 Å². The first-order chi connectivity index (χ1) is 8.07. The van der Waals surface area contributed by atoms with E-state index in [1.807, 2.05) is 6.92 Å². The molecular formula is C14H26N4. The summed E-state index contributed by atoms with van der Waals surface area (Å²) in [4.78, 5) is 9.02. The molecule has 4 nitrogen and oxygen atoms in total. The van der Waals surface area contributed by atoms with Crippen LogP contribution in [-0.2, 0) is 5.41 Å². The van der Waals surface area contributed by atoms with E-state index in [9.17, 15) is 0 Å². The first-order valence-electron chi connectivity index (χ1n) is 6.49. The highest BCUT2D eigenvalue weighted by Gasteiger charge is 2.23. The van der Waals surface area contributed by atoms with Gasteiger partial charge in [0.25, 0.3) is 0 Å². The molecule has 0 fully saturated rings. The van der Waals surface area contributed by atoms with Crippen molar-refractivity contribution >= 4 is 11.6 Å². The number of anilines is 2. The van der Waals surface area contributed by atoms with Crippen molar-refractivity contribution in [2.75, 3.05) is 11.1 Å². The second kappa shape index (κ2) is 4.75. The van der Waals surface area contributed by atoms with E-state index < -0.39 is 0 Å². The average molecular weight is 250 g/mol. The van der Waals surface area contributed by atoms with Gasteiger partial charge in [-0.3, -0.25) is 0 Å². The Morgan fingerprint density at radius 1 is 1.11 bits per heavy atom. The lowest BCUT2D eigenvalue weighted by Gasteiger charge is -2.28. The van der Waals surface area contributed by atoms with E-state index in [0.717, 1.165) is 23.6 Å². The normalized spacial score (nSPS) is 12.6. The first-order valence-corrected chi connectivity index (χ1v) is 6.49. The third kappa shape index (κ3) is 3.34. The number of nitrogens with zero attached hydrogens (tertiary/aromatic N) is 2. The zero-order valence-corrected chi connectivity index (χ0v) is 12.7. The van der Waals surface area contributed by atoms with Gasteiger partial charge < -0.3 is 11.1 Å². The van der Waals surface area contributed by atoms with Crippen LogP contribution in [-0.4, -0.2) is 15.5 Å². The molecule has 102 valence electrons. The number of rotatable bonds is 3. The Labute approximate surface area is 110 Å². The van der Waals surface area contributed by atoms with Crippen molar-refractivity contribution in [2.45, 2.75) is 65.8 Å². The van der Waals surface area contributed by atoms with Crippen LogP contribution in [0, 0.1) is 6.92 Å². The number of hydrogen-bond acceptors (Lipinski definition) is 4. The molecule has 1 rings (SSSR count). The maximum Gasteiger partial charge on any atom is 0.138 e. The van der Waals surface area contributed by atoms with Gasteiger partial charge in [-0.25, -0.2) is 9.97 Å². The van der Waals surface area contributed by atoms with Gasteiger partial charge in [0.1, 0.15) is 17.5 Å². The van der Waals surface area contributed by atoms with Gasteiger partial charge in [-0.15, -0.1) is 0 Å². The van der Waals surface area contributed by atoms with Gasteiger partial charge in [0.2, 0.25) is 0 Å². The quantitative estimate of drug-likeness (QED) is 0.864. The van der Waals surface area contributed by atoms with E-state index in [1.165, 1.54) is 0 Å². The highest BCUT2D eigenvalue weighted by atomic mass is 15.1. The number of hydrogen-bond donors (Lipinski definition) is 2. The molecule has 1 aromatic rings. The Hall–Kier alpha value is -1.32. The van der Waals surface area contributed by atoms with E-state index in [2.05, 4.69) is 56.8 Å². The third-order valence-electron chi connectivity index (χ3n) is 3.19. The summed E-state index contributed by atoms with van der Waals surface area (Å²) in [5.74, 6) is 2.18. The second-order valence-electron chi connectivity index (χ2n) is 6.52. The van der Waals surface area contributed by atoms with Crippen LogP contribution in [0.2, 0.25) is 0 Å². The van der Waals surface area contributed by atoms with Crippen molar-refractivity contribution in [1.29, 1.82) is 0 Å². The van der Waals surface area contributed by atoms with Crippen molar-refractivity contribution in [2.24, 2.45) is 0 Å². The average Bonchev–Trinajstić information content (AvgIpc) is 2.22. The molecule has 0 aliphatic heterocycles. The van der Waals surface area contributed by atoms with E-state index in [4.69, 9.17) is 5.73 Å². The molecule has 0 bridgehead atoms. The topological polar surface area (TPSA) is 63.8 Å². The minimum atomic E-state index is -0.103. The molecule has 4 heteroatoms. The predicted molar refractivity (Wildman–Crippen MR) is 77.9 cm³/mol. The molecular weight excluding hydrogens is 224 g/mol. The summed E-state index contributed by atoms with van der Waals surface area (Å²) in [6, 6.07) is 0. The molecule has 0 saturated carbocycles. The molecule has 0 radical (unpaired) electrons. The maximum absolute atomic E-state index is 5.99. The predicted octanol–water partition coefficient (Wildman–Crippen LogP) is 3.27. The van der Waals surface area contributed by atoms with Crippen molar-refractivity contribution in [3.63, 3.8) is 0 Å². The molecule has 0 aliphatic carbocycles. The highest BCUT2D eigenvalue weighted by molar-refractivity contribution is 5.56. The highest BCUT2D eigenvalue weighted by Crippen LogP contribution is 2.27. The Morgan fingerprint density at radius 2 is 1.67 bits per heavy atom. The number of aromatic nitrogens is 2. The number of nitrogen functional groups attached to an aromatic ring is 1. The fraction of sp³-hybridized carbons (Fsp3) is 0.714. The van der Waals surface area contributed by atoms with Gasteiger partial charge in [-0.05, 0) is 27.2 Å². The summed E-state index contributed by atoms with van der Waals surface area (Å²) in [7, 11) is 0. The van der Waals surface area contributed by atoms with Crippen LogP contribution in [0.15, 0.2) is 0 Å². The molecule has 0 aromatic carbocycles. The lowest BCUT2D eigenvalue weighted by Crippen LogP contribution is -2.31. The fourth-order valence-electron chi connectivity index (χ4n) is 1.40. The van der Waals surface area contributed by atoms with Crippen LogP contribution >= 0.6 is 0 Å². The van der Waals surface area contributed by atoms with Gasteiger partial charge in [0.15, 0.2) is 0 Å². The van der Waals surface area contributed by atoms with Gasteiger partial charge in [0.05, 0.1) is 0 Å². The van der Waals surface area contributed by atoms with E-state index in [0.29, 0.717) is 5.82 Å². The smallest absolute Gasteiger partial charge is 0.138 e. The molecule has 18 heavy (non-hydrogen) atoms. The van der Waals surface area contributed by atoms with Crippen LogP contribution < -0.4 is 11.1 Å². The van der Waals surface area contributed by atoms with Crippen LogP contribution in [0.3, 0.4) is 0 Å². The van der Waals surface area contributed by atoms with E-state index in [1.54, 1.807) is 0 Å². The first kappa shape index (κ1) is 14.7. The van der Waals surface area contributed by atoms with E-state index in [-0.39, 0.29) is 11.0 Å². The third-order valence-corrected chi connectivity index (χ3v) is 3.19. The molecule has 0 spiro atoms. The van der Waals surface area contributed by atoms with Gasteiger partial charge >= 0.3 is 0 Å². The monoisotopic (exact) mass is 250 g/mol. The van der Waals surface area contributed by atoms with Crippen LogP contribution in [0.5, 0.6) is 0 Å². The Kier molecular flexibility index (Phi) is 3.89. The number of nitrogens with two attached hydrogens (primary N) is 1. The maximum atomic E-state index is 5.99. The zero-order chi connectivity index (χ0) is 14.1. The Balaban J connectivity index is 3.23. The number of nitrogens with one attached hydrogen (secondary N) is 1. The SMILES string of the molecule is CCC(C)(C)Nc1nc(C(C)(C)C)nc(N)c1C. The molecule has 1 heterocycles. The summed E-state index contributed by atoms with van der Waals surface area (Å²) < 4.78 is 0. The molecule has 1 aromatic heterocycles. The zero-order valence-electron chi connectivity index (χ0n) is 12.7. The summed E-state index contributed by atoms with van der Waals surface area (Å²) in [5, 5.41) is 3.46. The summed E-state index contributed by atoms with van der Waals surface area (Å²) >= 11 is 0. The minimum Gasteiger partial charge on any atom is -0.383 e. The van der Waals surface area contributed by atoms with Gasteiger partial charge in [-0.2, -0.15) is 0 Å². The second-order valence-corrected chi connectivity index (χ2v) is 6.52. The van der Waals surface area contributed by atoms with Crippen LogP contribution in [0.4, 0.5) is 11.6 Å². The summed E-state index contributed by atoms with van der Waals surface area (Å²) in [6.07, 6.45) is 1.02. The lowest BCUT2D eigenvalue weighted by molar-refractivity contribution is 0.530.